The lowest BCUT2D eigenvalue weighted by molar-refractivity contribution is 0.443. The van der Waals surface area contributed by atoms with Crippen LogP contribution in [0.15, 0.2) is 24.3 Å². The third-order valence-corrected chi connectivity index (χ3v) is 3.54. The SMILES string of the molecule is BrCNc1ccc(C2CCCCC2)cc1. The first-order valence-electron chi connectivity index (χ1n) is 5.80. The van der Waals surface area contributed by atoms with E-state index in [0.717, 1.165) is 11.4 Å². The molecule has 1 aromatic carbocycles. The van der Waals surface area contributed by atoms with Gasteiger partial charge >= 0.3 is 0 Å². The van der Waals surface area contributed by atoms with Gasteiger partial charge in [-0.25, -0.2) is 0 Å². The topological polar surface area (TPSA) is 12.0 Å². The van der Waals surface area contributed by atoms with Gasteiger partial charge in [-0.1, -0.05) is 47.3 Å². The van der Waals surface area contributed by atoms with Crippen molar-refractivity contribution in [3.63, 3.8) is 0 Å². The van der Waals surface area contributed by atoms with Gasteiger partial charge in [-0.05, 0) is 36.5 Å². The third-order valence-electron chi connectivity index (χ3n) is 3.26. The molecule has 0 bridgehead atoms. The van der Waals surface area contributed by atoms with E-state index in [0.29, 0.717) is 0 Å². The molecule has 0 amide bonds. The van der Waals surface area contributed by atoms with Crippen LogP contribution < -0.4 is 5.32 Å². The van der Waals surface area contributed by atoms with Crippen molar-refractivity contribution >= 4 is 21.6 Å². The quantitative estimate of drug-likeness (QED) is 0.628. The molecular formula is C13H18BrN. The molecule has 2 rings (SSSR count). The van der Waals surface area contributed by atoms with E-state index >= 15 is 0 Å². The molecule has 0 atom stereocenters. The molecule has 0 saturated heterocycles. The minimum Gasteiger partial charge on any atom is -0.375 e. The highest BCUT2D eigenvalue weighted by Gasteiger charge is 2.14. The van der Waals surface area contributed by atoms with E-state index in [4.69, 9.17) is 0 Å². The zero-order valence-electron chi connectivity index (χ0n) is 9.01. The molecule has 0 radical (unpaired) electrons. The average molecular weight is 268 g/mol. The Labute approximate surface area is 100 Å². The van der Waals surface area contributed by atoms with Crippen molar-refractivity contribution in [2.75, 3.05) is 10.8 Å². The maximum atomic E-state index is 3.37. The van der Waals surface area contributed by atoms with Crippen molar-refractivity contribution in [3.05, 3.63) is 29.8 Å². The van der Waals surface area contributed by atoms with E-state index < -0.39 is 0 Å². The van der Waals surface area contributed by atoms with Gasteiger partial charge in [-0.3, -0.25) is 0 Å². The van der Waals surface area contributed by atoms with Crippen molar-refractivity contribution in [3.8, 4) is 0 Å². The smallest absolute Gasteiger partial charge is 0.0707 e. The number of halogens is 1. The Balaban J connectivity index is 2.02. The molecule has 1 aliphatic carbocycles. The summed E-state index contributed by atoms with van der Waals surface area (Å²) < 4.78 is 0. The molecule has 0 spiro atoms. The molecule has 1 saturated carbocycles. The number of hydrogen-bond acceptors (Lipinski definition) is 1. The van der Waals surface area contributed by atoms with Gasteiger partial charge in [-0.2, -0.15) is 0 Å². The molecule has 82 valence electrons. The number of alkyl halides is 1. The van der Waals surface area contributed by atoms with E-state index in [1.807, 2.05) is 0 Å². The molecule has 0 heterocycles. The van der Waals surface area contributed by atoms with Crippen LogP contribution in [-0.2, 0) is 0 Å². The molecule has 1 aliphatic rings. The van der Waals surface area contributed by atoms with Crippen LogP contribution in [0.3, 0.4) is 0 Å². The van der Waals surface area contributed by atoms with Gasteiger partial charge in [0, 0.05) is 5.69 Å². The maximum absolute atomic E-state index is 3.37. The lowest BCUT2D eigenvalue weighted by Crippen LogP contribution is -2.04. The van der Waals surface area contributed by atoms with Crippen molar-refractivity contribution in [1.82, 2.24) is 0 Å². The molecule has 2 heteroatoms. The van der Waals surface area contributed by atoms with Crippen LogP contribution >= 0.6 is 15.9 Å². The third kappa shape index (κ3) is 2.97. The summed E-state index contributed by atoms with van der Waals surface area (Å²) in [5.41, 5.74) is 3.54. The summed E-state index contributed by atoms with van der Waals surface area (Å²) in [6, 6.07) is 8.93. The second-order valence-electron chi connectivity index (χ2n) is 4.27. The Morgan fingerprint density at radius 1 is 1.07 bits per heavy atom. The Morgan fingerprint density at radius 2 is 1.73 bits per heavy atom. The summed E-state index contributed by atoms with van der Waals surface area (Å²) in [4.78, 5) is 0. The lowest BCUT2D eigenvalue weighted by atomic mass is 9.84. The Kier molecular flexibility index (Phi) is 4.07. The number of rotatable bonds is 3. The first-order valence-corrected chi connectivity index (χ1v) is 6.92. The zero-order chi connectivity index (χ0) is 10.5. The van der Waals surface area contributed by atoms with E-state index in [2.05, 4.69) is 45.5 Å². The predicted octanol–water partition coefficient (Wildman–Crippen LogP) is 4.50. The lowest BCUT2D eigenvalue weighted by Gasteiger charge is -2.22. The molecule has 0 aromatic heterocycles. The summed E-state index contributed by atoms with van der Waals surface area (Å²) >= 11 is 3.37. The van der Waals surface area contributed by atoms with Gasteiger partial charge in [0.15, 0.2) is 0 Å². The summed E-state index contributed by atoms with van der Waals surface area (Å²) in [6.07, 6.45) is 7.01. The highest BCUT2D eigenvalue weighted by Crippen LogP contribution is 2.32. The monoisotopic (exact) mass is 267 g/mol. The van der Waals surface area contributed by atoms with E-state index in [-0.39, 0.29) is 0 Å². The van der Waals surface area contributed by atoms with Gasteiger partial charge in [0.2, 0.25) is 0 Å². The standard InChI is InChI=1S/C13H18BrN/c14-10-15-13-8-6-12(7-9-13)11-4-2-1-3-5-11/h6-9,11,15H,1-5,10H2. The Morgan fingerprint density at radius 3 is 2.33 bits per heavy atom. The fraction of sp³-hybridized carbons (Fsp3) is 0.538. The fourth-order valence-electron chi connectivity index (χ4n) is 2.39. The van der Waals surface area contributed by atoms with Crippen LogP contribution in [-0.4, -0.2) is 5.45 Å². The van der Waals surface area contributed by atoms with Crippen molar-refractivity contribution in [1.29, 1.82) is 0 Å². The fourth-order valence-corrected chi connectivity index (χ4v) is 2.71. The molecule has 15 heavy (non-hydrogen) atoms. The average Bonchev–Trinajstić information content (AvgIpc) is 2.32. The minimum absolute atomic E-state index is 0.815. The molecule has 0 aliphatic heterocycles. The van der Waals surface area contributed by atoms with Crippen LogP contribution in [0.1, 0.15) is 43.6 Å². The van der Waals surface area contributed by atoms with E-state index in [9.17, 15) is 0 Å². The first kappa shape index (κ1) is 11.0. The summed E-state index contributed by atoms with van der Waals surface area (Å²) in [7, 11) is 0. The summed E-state index contributed by atoms with van der Waals surface area (Å²) in [6.45, 7) is 0. The van der Waals surface area contributed by atoms with Gasteiger partial charge < -0.3 is 5.32 Å². The van der Waals surface area contributed by atoms with Crippen molar-refractivity contribution in [2.45, 2.75) is 38.0 Å². The normalized spacial score (nSPS) is 17.7. The van der Waals surface area contributed by atoms with Gasteiger partial charge in [-0.15, -0.1) is 0 Å². The number of hydrogen-bond donors (Lipinski definition) is 1. The number of benzene rings is 1. The molecular weight excluding hydrogens is 250 g/mol. The zero-order valence-corrected chi connectivity index (χ0v) is 10.6. The highest BCUT2D eigenvalue weighted by molar-refractivity contribution is 9.09. The minimum atomic E-state index is 0.815. The van der Waals surface area contributed by atoms with E-state index in [1.165, 1.54) is 43.4 Å². The maximum Gasteiger partial charge on any atom is 0.0707 e. The molecule has 1 nitrogen and oxygen atoms in total. The predicted molar refractivity (Wildman–Crippen MR) is 69.7 cm³/mol. The second-order valence-corrected chi connectivity index (χ2v) is 4.83. The van der Waals surface area contributed by atoms with Crippen LogP contribution in [0.2, 0.25) is 0 Å². The summed E-state index contributed by atoms with van der Waals surface area (Å²) in [5.74, 6) is 0.816. The molecule has 1 aromatic rings. The molecule has 1 N–H and O–H groups in total. The number of nitrogens with one attached hydrogen (secondary N) is 1. The van der Waals surface area contributed by atoms with Crippen LogP contribution in [0.4, 0.5) is 5.69 Å². The number of anilines is 1. The largest absolute Gasteiger partial charge is 0.375 e. The van der Waals surface area contributed by atoms with Gasteiger partial charge in [0.1, 0.15) is 0 Å². The van der Waals surface area contributed by atoms with Gasteiger partial charge in [0.25, 0.3) is 0 Å². The molecule has 1 fully saturated rings. The molecule has 0 unspecified atom stereocenters. The van der Waals surface area contributed by atoms with Crippen LogP contribution in [0.25, 0.3) is 0 Å². The van der Waals surface area contributed by atoms with Gasteiger partial charge in [0.05, 0.1) is 5.45 Å². The first-order chi connectivity index (χ1) is 7.40. The van der Waals surface area contributed by atoms with Crippen molar-refractivity contribution < 1.29 is 0 Å². The van der Waals surface area contributed by atoms with Crippen LogP contribution in [0, 0.1) is 0 Å². The Hall–Kier alpha value is -0.500. The van der Waals surface area contributed by atoms with Crippen molar-refractivity contribution in [2.24, 2.45) is 0 Å². The van der Waals surface area contributed by atoms with Crippen LogP contribution in [0.5, 0.6) is 0 Å². The summed E-state index contributed by atoms with van der Waals surface area (Å²) in [5, 5.41) is 3.25. The highest BCUT2D eigenvalue weighted by atomic mass is 79.9. The second kappa shape index (κ2) is 5.55. The van der Waals surface area contributed by atoms with E-state index in [1.54, 1.807) is 0 Å². The Bertz CT molecular complexity index is 288.